The van der Waals surface area contributed by atoms with Gasteiger partial charge in [0.05, 0.1) is 11.0 Å². The van der Waals surface area contributed by atoms with Crippen LogP contribution in [0.1, 0.15) is 18.1 Å². The Bertz CT molecular complexity index is 875. The van der Waals surface area contributed by atoms with Crippen molar-refractivity contribution in [3.8, 4) is 0 Å². The van der Waals surface area contributed by atoms with Crippen LogP contribution in [0, 0.1) is 6.92 Å². The molecule has 0 fully saturated rings. The number of fused-ring (bicyclic) bond motifs is 2. The van der Waals surface area contributed by atoms with Gasteiger partial charge in [0.15, 0.2) is 5.71 Å². The molecule has 2 N–H and O–H groups in total. The molecule has 0 aliphatic carbocycles. The Hall–Kier alpha value is -2.76. The van der Waals surface area contributed by atoms with Crippen LogP contribution in [0.5, 0.6) is 0 Å². The van der Waals surface area contributed by atoms with E-state index in [1.54, 1.807) is 13.0 Å². The van der Waals surface area contributed by atoms with E-state index in [2.05, 4.69) is 9.98 Å². The Kier molecular flexibility index (Phi) is 2.37. The molecule has 0 amide bonds. The predicted octanol–water partition coefficient (Wildman–Crippen LogP) is 0.395. The molecule has 6 nitrogen and oxygen atoms in total. The lowest BCUT2D eigenvalue weighted by Gasteiger charge is -2.01. The minimum Gasteiger partial charge on any atom is -0.477 e. The van der Waals surface area contributed by atoms with Crippen LogP contribution in [0.25, 0.3) is 11.6 Å². The molecule has 2 aliphatic rings. The monoisotopic (exact) mass is 270 g/mol. The van der Waals surface area contributed by atoms with Gasteiger partial charge >= 0.3 is 11.9 Å². The second-order valence-corrected chi connectivity index (χ2v) is 4.67. The van der Waals surface area contributed by atoms with E-state index in [1.165, 1.54) is 6.08 Å². The number of rotatable bonds is 2. The summed E-state index contributed by atoms with van der Waals surface area (Å²) in [5.74, 6) is -2.16. The Morgan fingerprint density at radius 2 is 1.80 bits per heavy atom. The van der Waals surface area contributed by atoms with Crippen LogP contribution in [0.15, 0.2) is 21.7 Å². The fourth-order valence-corrected chi connectivity index (χ4v) is 2.57. The molecule has 2 aliphatic heterocycles. The van der Waals surface area contributed by atoms with Gasteiger partial charge in [-0.25, -0.2) is 19.6 Å². The van der Waals surface area contributed by atoms with Crippen molar-refractivity contribution in [1.29, 1.82) is 0 Å². The summed E-state index contributed by atoms with van der Waals surface area (Å²) in [6.07, 6.45) is 1.50. The number of aliphatic imine (C=N–C) groups is 1. The molecule has 0 aromatic heterocycles. The van der Waals surface area contributed by atoms with Crippen LogP contribution in [0.3, 0.4) is 0 Å². The van der Waals surface area contributed by atoms with Gasteiger partial charge in [0.1, 0.15) is 5.70 Å². The Morgan fingerprint density at radius 1 is 1.10 bits per heavy atom. The van der Waals surface area contributed by atoms with Crippen LogP contribution in [-0.2, 0) is 9.59 Å². The maximum Gasteiger partial charge on any atom is 0.354 e. The zero-order valence-electron chi connectivity index (χ0n) is 10.8. The minimum absolute atomic E-state index is 0.0214. The Morgan fingerprint density at radius 3 is 2.40 bits per heavy atom. The summed E-state index contributed by atoms with van der Waals surface area (Å²) in [5.41, 5.74) is 2.63. The van der Waals surface area contributed by atoms with Crippen molar-refractivity contribution < 1.29 is 19.8 Å². The first-order chi connectivity index (χ1) is 9.40. The number of carboxylic acids is 2. The van der Waals surface area contributed by atoms with Crippen molar-refractivity contribution in [3.05, 3.63) is 33.5 Å². The molecule has 0 saturated heterocycles. The molecular formula is C14H10N2O4. The summed E-state index contributed by atoms with van der Waals surface area (Å²) < 4.78 is 0. The summed E-state index contributed by atoms with van der Waals surface area (Å²) >= 11 is 0. The van der Waals surface area contributed by atoms with Gasteiger partial charge in [-0.2, -0.15) is 0 Å². The van der Waals surface area contributed by atoms with Crippen LogP contribution < -0.4 is 10.6 Å². The molecule has 100 valence electrons. The highest BCUT2D eigenvalue weighted by atomic mass is 16.4. The van der Waals surface area contributed by atoms with Crippen LogP contribution in [0.2, 0.25) is 0 Å². The molecular weight excluding hydrogens is 260 g/mol. The van der Waals surface area contributed by atoms with E-state index in [0.717, 1.165) is 10.8 Å². The molecule has 6 heteroatoms. The van der Waals surface area contributed by atoms with Gasteiger partial charge in [0, 0.05) is 10.8 Å². The molecule has 3 rings (SSSR count). The highest BCUT2D eigenvalue weighted by Gasteiger charge is 2.24. The molecule has 0 saturated carbocycles. The highest BCUT2D eigenvalue weighted by Crippen LogP contribution is 2.21. The van der Waals surface area contributed by atoms with E-state index in [4.69, 9.17) is 10.2 Å². The smallest absolute Gasteiger partial charge is 0.354 e. The third kappa shape index (κ3) is 1.51. The molecule has 1 aromatic rings. The number of benzene rings is 1. The summed E-state index contributed by atoms with van der Waals surface area (Å²) in [4.78, 5) is 30.2. The number of hydrogen-bond donors (Lipinski definition) is 2. The first kappa shape index (κ1) is 12.3. The highest BCUT2D eigenvalue weighted by molar-refractivity contribution is 6.52. The molecule has 20 heavy (non-hydrogen) atoms. The average molecular weight is 270 g/mol. The first-order valence-electron chi connectivity index (χ1n) is 5.90. The molecule has 0 radical (unpaired) electrons. The van der Waals surface area contributed by atoms with Gasteiger partial charge in [-0.15, -0.1) is 0 Å². The number of aliphatic carboxylic acids is 2. The van der Waals surface area contributed by atoms with E-state index in [-0.39, 0.29) is 11.4 Å². The van der Waals surface area contributed by atoms with Crippen molar-refractivity contribution in [1.82, 2.24) is 0 Å². The quantitative estimate of drug-likeness (QED) is 0.812. The molecule has 0 spiro atoms. The van der Waals surface area contributed by atoms with Crippen LogP contribution in [0.4, 0.5) is 5.69 Å². The Balaban J connectivity index is 2.33. The molecule has 0 unspecified atom stereocenters. The van der Waals surface area contributed by atoms with Crippen molar-refractivity contribution in [2.75, 3.05) is 0 Å². The number of carbonyl (C=O) groups is 2. The van der Waals surface area contributed by atoms with Gasteiger partial charge < -0.3 is 10.2 Å². The van der Waals surface area contributed by atoms with Gasteiger partial charge in [0.25, 0.3) is 0 Å². The second kappa shape index (κ2) is 3.86. The predicted molar refractivity (Wildman–Crippen MR) is 71.4 cm³/mol. The maximum absolute atomic E-state index is 11.1. The van der Waals surface area contributed by atoms with E-state index in [9.17, 15) is 9.59 Å². The summed E-state index contributed by atoms with van der Waals surface area (Å²) in [7, 11) is 0. The first-order valence-corrected chi connectivity index (χ1v) is 5.90. The fourth-order valence-electron chi connectivity index (χ4n) is 2.57. The number of carboxylic acid groups (broad SMARTS) is 2. The van der Waals surface area contributed by atoms with Crippen molar-refractivity contribution in [3.63, 3.8) is 0 Å². The lowest BCUT2D eigenvalue weighted by atomic mass is 10.0. The normalized spacial score (nSPS) is 15.2. The molecule has 2 heterocycles. The summed E-state index contributed by atoms with van der Waals surface area (Å²) in [5, 5.41) is 19.4. The SMILES string of the molecule is CC1=c2c(cc3c(c2C)C=C(C(=O)O)N=3)N=C1C(=O)O. The standard InChI is InChI=1S/C14H10N2O4/c1-5-7-3-10(13(17)18)15-8(7)4-9-11(5)6(2)12(16-9)14(19)20/h3-4H,1-2H3,(H,17,18)(H,19,20). The molecule has 1 aromatic carbocycles. The zero-order chi connectivity index (χ0) is 14.6. The number of nitrogens with zero attached hydrogens (tertiary/aromatic N) is 2. The second-order valence-electron chi connectivity index (χ2n) is 4.67. The third-order valence-corrected chi connectivity index (χ3v) is 3.49. The van der Waals surface area contributed by atoms with Crippen molar-refractivity contribution in [2.24, 2.45) is 9.98 Å². The van der Waals surface area contributed by atoms with Gasteiger partial charge in [-0.1, -0.05) is 0 Å². The molecule has 0 atom stereocenters. The minimum atomic E-state index is -1.09. The van der Waals surface area contributed by atoms with E-state index >= 15 is 0 Å². The lowest BCUT2D eigenvalue weighted by Crippen LogP contribution is -2.19. The van der Waals surface area contributed by atoms with Crippen LogP contribution >= 0.6 is 0 Å². The topological polar surface area (TPSA) is 99.3 Å². The van der Waals surface area contributed by atoms with E-state index < -0.39 is 11.9 Å². The van der Waals surface area contributed by atoms with Gasteiger partial charge in [0.2, 0.25) is 0 Å². The molecule has 0 bridgehead atoms. The van der Waals surface area contributed by atoms with Crippen LogP contribution in [-0.4, -0.2) is 27.9 Å². The maximum atomic E-state index is 11.1. The lowest BCUT2D eigenvalue weighted by molar-refractivity contribution is -0.132. The average Bonchev–Trinajstić information content (AvgIpc) is 2.92. The summed E-state index contributed by atoms with van der Waals surface area (Å²) in [6, 6.07) is 1.63. The van der Waals surface area contributed by atoms with E-state index in [1.807, 2.05) is 6.92 Å². The van der Waals surface area contributed by atoms with Gasteiger partial charge in [-0.05, 0) is 37.1 Å². The Labute approximate surface area is 113 Å². The third-order valence-electron chi connectivity index (χ3n) is 3.49. The van der Waals surface area contributed by atoms with Crippen molar-refractivity contribution in [2.45, 2.75) is 13.8 Å². The summed E-state index contributed by atoms with van der Waals surface area (Å²) in [6.45, 7) is 3.52. The van der Waals surface area contributed by atoms with Gasteiger partial charge in [-0.3, -0.25) is 0 Å². The fraction of sp³-hybridized carbons (Fsp3) is 0.143. The zero-order valence-corrected chi connectivity index (χ0v) is 10.8. The number of hydrogen-bond acceptors (Lipinski definition) is 4. The largest absolute Gasteiger partial charge is 0.477 e. The van der Waals surface area contributed by atoms with Crippen molar-refractivity contribution >= 4 is 35.0 Å². The van der Waals surface area contributed by atoms with E-state index in [0.29, 0.717) is 22.2 Å².